The standard InChI is InChI=1S/C15H24ClN5/c1-5-13-15(16)14(20(6-2)19-13)10-21-12(7-8-18-21)9-17-11(3)4/h7-8,11,17H,5-6,9-10H2,1-4H3. The molecule has 0 aliphatic carbocycles. The molecule has 5 nitrogen and oxygen atoms in total. The topological polar surface area (TPSA) is 47.7 Å². The first-order valence-electron chi connectivity index (χ1n) is 7.54. The van der Waals surface area contributed by atoms with E-state index in [0.29, 0.717) is 12.6 Å². The summed E-state index contributed by atoms with van der Waals surface area (Å²) in [5.74, 6) is 0. The van der Waals surface area contributed by atoms with E-state index >= 15 is 0 Å². The Morgan fingerprint density at radius 3 is 2.67 bits per heavy atom. The van der Waals surface area contributed by atoms with E-state index in [1.807, 2.05) is 21.6 Å². The van der Waals surface area contributed by atoms with Crippen LogP contribution in [0.2, 0.25) is 5.02 Å². The van der Waals surface area contributed by atoms with Gasteiger partial charge in [0.25, 0.3) is 0 Å². The van der Waals surface area contributed by atoms with E-state index in [1.54, 1.807) is 0 Å². The fraction of sp³-hybridized carbons (Fsp3) is 0.600. The third-order valence-corrected chi connectivity index (χ3v) is 3.93. The molecule has 2 heterocycles. The van der Waals surface area contributed by atoms with Gasteiger partial charge in [-0.2, -0.15) is 10.2 Å². The number of rotatable bonds is 7. The summed E-state index contributed by atoms with van der Waals surface area (Å²) in [5, 5.41) is 13.2. The molecule has 0 aromatic carbocycles. The zero-order chi connectivity index (χ0) is 15.4. The second-order valence-electron chi connectivity index (χ2n) is 5.39. The zero-order valence-corrected chi connectivity index (χ0v) is 14.0. The minimum absolute atomic E-state index is 0.449. The first kappa shape index (κ1) is 16.0. The van der Waals surface area contributed by atoms with Crippen LogP contribution in [0.15, 0.2) is 12.3 Å². The van der Waals surface area contributed by atoms with Crippen molar-refractivity contribution in [1.82, 2.24) is 24.9 Å². The van der Waals surface area contributed by atoms with Gasteiger partial charge >= 0.3 is 0 Å². The van der Waals surface area contributed by atoms with E-state index in [0.717, 1.165) is 41.6 Å². The van der Waals surface area contributed by atoms with E-state index < -0.39 is 0 Å². The highest BCUT2D eigenvalue weighted by Crippen LogP contribution is 2.22. The van der Waals surface area contributed by atoms with E-state index in [1.165, 1.54) is 0 Å². The van der Waals surface area contributed by atoms with E-state index in [4.69, 9.17) is 11.6 Å². The van der Waals surface area contributed by atoms with Crippen LogP contribution in [0.25, 0.3) is 0 Å². The Morgan fingerprint density at radius 1 is 1.29 bits per heavy atom. The van der Waals surface area contributed by atoms with E-state index in [2.05, 4.69) is 43.2 Å². The van der Waals surface area contributed by atoms with Crippen LogP contribution in [-0.4, -0.2) is 25.6 Å². The largest absolute Gasteiger partial charge is 0.309 e. The smallest absolute Gasteiger partial charge is 0.0869 e. The normalized spacial score (nSPS) is 11.5. The van der Waals surface area contributed by atoms with Gasteiger partial charge in [0.15, 0.2) is 0 Å². The molecule has 2 aromatic heterocycles. The van der Waals surface area contributed by atoms with E-state index in [-0.39, 0.29) is 0 Å². The predicted molar refractivity (Wildman–Crippen MR) is 85.6 cm³/mol. The van der Waals surface area contributed by atoms with Crippen LogP contribution < -0.4 is 5.32 Å². The zero-order valence-electron chi connectivity index (χ0n) is 13.2. The van der Waals surface area contributed by atoms with Gasteiger partial charge in [0.05, 0.1) is 28.6 Å². The second kappa shape index (κ2) is 7.09. The van der Waals surface area contributed by atoms with Gasteiger partial charge in [-0.25, -0.2) is 0 Å². The first-order chi connectivity index (χ1) is 10.1. The first-order valence-corrected chi connectivity index (χ1v) is 7.92. The molecule has 0 spiro atoms. The Balaban J connectivity index is 2.22. The van der Waals surface area contributed by atoms with Crippen molar-refractivity contribution in [2.24, 2.45) is 0 Å². The van der Waals surface area contributed by atoms with Crippen LogP contribution in [-0.2, 0) is 26.1 Å². The average Bonchev–Trinajstić information content (AvgIpc) is 3.02. The average molecular weight is 310 g/mol. The summed E-state index contributed by atoms with van der Waals surface area (Å²) in [6.07, 6.45) is 2.68. The molecule has 0 bridgehead atoms. The van der Waals surface area contributed by atoms with Crippen molar-refractivity contribution in [2.75, 3.05) is 0 Å². The number of aryl methyl sites for hydroxylation is 2. The third kappa shape index (κ3) is 3.66. The van der Waals surface area contributed by atoms with Crippen molar-refractivity contribution in [3.63, 3.8) is 0 Å². The van der Waals surface area contributed by atoms with Gasteiger partial charge in [-0.3, -0.25) is 9.36 Å². The van der Waals surface area contributed by atoms with Gasteiger partial charge in [-0.1, -0.05) is 32.4 Å². The molecular formula is C15H24ClN5. The third-order valence-electron chi connectivity index (χ3n) is 3.49. The summed E-state index contributed by atoms with van der Waals surface area (Å²) in [7, 11) is 0. The lowest BCUT2D eigenvalue weighted by molar-refractivity contribution is 0.527. The monoisotopic (exact) mass is 309 g/mol. The molecule has 2 rings (SSSR count). The van der Waals surface area contributed by atoms with Crippen molar-refractivity contribution in [2.45, 2.75) is 59.8 Å². The number of halogens is 1. The van der Waals surface area contributed by atoms with Crippen molar-refractivity contribution >= 4 is 11.6 Å². The number of aromatic nitrogens is 4. The molecule has 6 heteroatoms. The van der Waals surface area contributed by atoms with Gasteiger partial charge < -0.3 is 5.32 Å². The molecule has 21 heavy (non-hydrogen) atoms. The minimum atomic E-state index is 0.449. The summed E-state index contributed by atoms with van der Waals surface area (Å²) in [5.41, 5.74) is 3.15. The quantitative estimate of drug-likeness (QED) is 0.855. The summed E-state index contributed by atoms with van der Waals surface area (Å²) in [6, 6.07) is 2.49. The maximum Gasteiger partial charge on any atom is 0.0869 e. The van der Waals surface area contributed by atoms with Gasteiger partial charge in [0, 0.05) is 25.3 Å². The predicted octanol–water partition coefficient (Wildman–Crippen LogP) is 2.86. The highest BCUT2D eigenvalue weighted by Gasteiger charge is 2.16. The summed E-state index contributed by atoms with van der Waals surface area (Å²) in [6.45, 7) is 10.7. The lowest BCUT2D eigenvalue weighted by Crippen LogP contribution is -2.24. The summed E-state index contributed by atoms with van der Waals surface area (Å²) >= 11 is 6.47. The molecule has 0 saturated carbocycles. The number of nitrogens with zero attached hydrogens (tertiary/aromatic N) is 4. The van der Waals surface area contributed by atoms with E-state index in [9.17, 15) is 0 Å². The van der Waals surface area contributed by atoms with Crippen LogP contribution in [0, 0.1) is 0 Å². The summed E-state index contributed by atoms with van der Waals surface area (Å²) < 4.78 is 3.96. The van der Waals surface area contributed by atoms with Crippen LogP contribution >= 0.6 is 11.6 Å². The molecule has 0 radical (unpaired) electrons. The SMILES string of the molecule is CCc1nn(CC)c(Cn2nccc2CNC(C)C)c1Cl. The van der Waals surface area contributed by atoms with Gasteiger partial charge in [0.2, 0.25) is 0 Å². The van der Waals surface area contributed by atoms with Crippen molar-refractivity contribution < 1.29 is 0 Å². The van der Waals surface area contributed by atoms with Gasteiger partial charge in [-0.15, -0.1) is 0 Å². The highest BCUT2D eigenvalue weighted by atomic mass is 35.5. The van der Waals surface area contributed by atoms with Crippen LogP contribution in [0.5, 0.6) is 0 Å². The van der Waals surface area contributed by atoms with Gasteiger partial charge in [0.1, 0.15) is 0 Å². The Hall–Kier alpha value is -1.33. The number of hydrogen-bond donors (Lipinski definition) is 1. The van der Waals surface area contributed by atoms with Crippen molar-refractivity contribution in [3.8, 4) is 0 Å². The summed E-state index contributed by atoms with van der Waals surface area (Å²) in [4.78, 5) is 0. The molecule has 0 unspecified atom stereocenters. The lowest BCUT2D eigenvalue weighted by Gasteiger charge is -2.12. The number of nitrogens with one attached hydrogen (secondary N) is 1. The van der Waals surface area contributed by atoms with Crippen LogP contribution in [0.1, 0.15) is 44.8 Å². The fourth-order valence-electron chi connectivity index (χ4n) is 2.27. The Labute approximate surface area is 131 Å². The molecular weight excluding hydrogens is 286 g/mol. The molecule has 1 N–H and O–H groups in total. The molecule has 0 amide bonds. The highest BCUT2D eigenvalue weighted by molar-refractivity contribution is 6.31. The molecule has 0 fully saturated rings. The molecule has 116 valence electrons. The van der Waals surface area contributed by atoms with Crippen molar-refractivity contribution in [1.29, 1.82) is 0 Å². The fourth-order valence-corrected chi connectivity index (χ4v) is 2.60. The maximum atomic E-state index is 6.47. The van der Waals surface area contributed by atoms with Gasteiger partial charge in [-0.05, 0) is 19.4 Å². The number of hydrogen-bond acceptors (Lipinski definition) is 3. The molecule has 0 aliphatic heterocycles. The lowest BCUT2D eigenvalue weighted by atomic mass is 10.3. The Bertz CT molecular complexity index is 585. The Morgan fingerprint density at radius 2 is 2.05 bits per heavy atom. The molecule has 0 saturated heterocycles. The molecule has 0 aliphatic rings. The minimum Gasteiger partial charge on any atom is -0.309 e. The van der Waals surface area contributed by atoms with Crippen LogP contribution in [0.4, 0.5) is 0 Å². The molecule has 0 atom stereocenters. The van der Waals surface area contributed by atoms with Crippen molar-refractivity contribution in [3.05, 3.63) is 34.4 Å². The Kier molecular flexibility index (Phi) is 5.42. The maximum absolute atomic E-state index is 6.47. The second-order valence-corrected chi connectivity index (χ2v) is 5.77. The van der Waals surface area contributed by atoms with Crippen LogP contribution in [0.3, 0.4) is 0 Å². The molecule has 2 aromatic rings.